The molecule has 0 fully saturated rings. The molecule has 6 heteroatoms. The van der Waals surface area contributed by atoms with Gasteiger partial charge in [-0.15, -0.1) is 0 Å². The molecular weight excluding hydrogens is 252 g/mol. The minimum Gasteiger partial charge on any atom is -0.316 e. The van der Waals surface area contributed by atoms with Gasteiger partial charge in [0.1, 0.15) is 0 Å². The lowest BCUT2D eigenvalue weighted by atomic mass is 10.2. The van der Waals surface area contributed by atoms with Gasteiger partial charge in [-0.2, -0.15) is 0 Å². The summed E-state index contributed by atoms with van der Waals surface area (Å²) in [5.74, 6) is -0.0178. The van der Waals surface area contributed by atoms with Gasteiger partial charge in [-0.3, -0.25) is 9.10 Å². The highest BCUT2D eigenvalue weighted by atomic mass is 32.2. The van der Waals surface area contributed by atoms with Gasteiger partial charge in [0.05, 0.1) is 11.4 Å². The molecule has 5 nitrogen and oxygen atoms in total. The van der Waals surface area contributed by atoms with Crippen molar-refractivity contribution in [2.45, 2.75) is 13.8 Å². The highest BCUT2D eigenvalue weighted by Crippen LogP contribution is 2.21. The van der Waals surface area contributed by atoms with Crippen LogP contribution in [0.5, 0.6) is 0 Å². The maximum absolute atomic E-state index is 11.7. The number of nitrogens with zero attached hydrogens (tertiary/aromatic N) is 2. The monoisotopic (exact) mass is 270 g/mol. The number of carbonyl (C=O) groups is 1. The van der Waals surface area contributed by atoms with Crippen molar-refractivity contribution in [2.75, 3.05) is 29.1 Å². The van der Waals surface area contributed by atoms with E-state index in [9.17, 15) is 13.2 Å². The van der Waals surface area contributed by atoms with Crippen molar-refractivity contribution in [3.8, 4) is 0 Å². The van der Waals surface area contributed by atoms with E-state index in [1.54, 1.807) is 38.2 Å². The maximum atomic E-state index is 11.7. The first-order valence-corrected chi connectivity index (χ1v) is 7.21. The molecule has 0 atom stereocenters. The molecule has 0 spiro atoms. The van der Waals surface area contributed by atoms with Crippen LogP contribution in [0.1, 0.15) is 13.8 Å². The first kappa shape index (κ1) is 14.5. The maximum Gasteiger partial charge on any atom is 0.234 e. The number of amides is 1. The lowest BCUT2D eigenvalue weighted by Gasteiger charge is -2.20. The number of sulfonamides is 1. The van der Waals surface area contributed by atoms with E-state index < -0.39 is 10.0 Å². The van der Waals surface area contributed by atoms with Crippen molar-refractivity contribution in [3.63, 3.8) is 0 Å². The van der Waals surface area contributed by atoms with Gasteiger partial charge in [-0.25, -0.2) is 8.42 Å². The van der Waals surface area contributed by atoms with E-state index >= 15 is 0 Å². The van der Waals surface area contributed by atoms with Crippen molar-refractivity contribution in [3.05, 3.63) is 24.3 Å². The van der Waals surface area contributed by atoms with E-state index in [-0.39, 0.29) is 11.7 Å². The summed E-state index contributed by atoms with van der Waals surface area (Å²) < 4.78 is 24.6. The zero-order chi connectivity index (χ0) is 13.9. The minimum absolute atomic E-state index is 0.0542. The van der Waals surface area contributed by atoms with E-state index in [2.05, 4.69) is 0 Å². The van der Waals surface area contributed by atoms with Crippen molar-refractivity contribution in [2.24, 2.45) is 0 Å². The molecule has 0 aliphatic rings. The summed E-state index contributed by atoms with van der Waals surface area (Å²) in [6, 6.07) is 6.81. The molecule has 18 heavy (non-hydrogen) atoms. The van der Waals surface area contributed by atoms with Crippen LogP contribution in [0.4, 0.5) is 11.4 Å². The molecule has 0 saturated heterocycles. The molecule has 1 rings (SSSR count). The normalized spacial score (nSPS) is 11.1. The number of hydrogen-bond donors (Lipinski definition) is 0. The third kappa shape index (κ3) is 3.01. The average Bonchev–Trinajstić information content (AvgIpc) is 2.37. The largest absolute Gasteiger partial charge is 0.316 e. The van der Waals surface area contributed by atoms with E-state index in [4.69, 9.17) is 0 Å². The SMILES string of the molecule is CCS(=O)(=O)N(C)c1ccc(N(C)C(C)=O)cc1. The van der Waals surface area contributed by atoms with Gasteiger partial charge in [0.25, 0.3) is 0 Å². The molecule has 0 radical (unpaired) electrons. The van der Waals surface area contributed by atoms with Crippen LogP contribution in [-0.2, 0) is 14.8 Å². The smallest absolute Gasteiger partial charge is 0.234 e. The van der Waals surface area contributed by atoms with Crippen LogP contribution in [-0.4, -0.2) is 34.2 Å². The fraction of sp³-hybridized carbons (Fsp3) is 0.417. The molecule has 0 unspecified atom stereocenters. The Morgan fingerprint density at radius 1 is 1.11 bits per heavy atom. The predicted octanol–water partition coefficient (Wildman–Crippen LogP) is 1.46. The number of hydrogen-bond acceptors (Lipinski definition) is 3. The van der Waals surface area contributed by atoms with Gasteiger partial charge < -0.3 is 4.90 Å². The Balaban J connectivity index is 3.00. The van der Waals surface area contributed by atoms with E-state index in [0.717, 1.165) is 5.69 Å². The average molecular weight is 270 g/mol. The summed E-state index contributed by atoms with van der Waals surface area (Å²) in [4.78, 5) is 12.7. The Kier molecular flexibility index (Phi) is 4.34. The van der Waals surface area contributed by atoms with E-state index in [1.807, 2.05) is 0 Å². The molecule has 1 amide bonds. The molecule has 0 heterocycles. The van der Waals surface area contributed by atoms with E-state index in [1.165, 1.54) is 23.2 Å². The van der Waals surface area contributed by atoms with Crippen molar-refractivity contribution >= 4 is 27.3 Å². The molecular formula is C12H18N2O3S. The Labute approximate surface area is 108 Å². The number of carbonyl (C=O) groups excluding carboxylic acids is 1. The summed E-state index contributed by atoms with van der Waals surface area (Å²) in [5.41, 5.74) is 1.31. The quantitative estimate of drug-likeness (QED) is 0.832. The second-order valence-electron chi connectivity index (χ2n) is 3.96. The highest BCUT2D eigenvalue weighted by Gasteiger charge is 2.15. The van der Waals surface area contributed by atoms with E-state index in [0.29, 0.717) is 5.69 Å². The first-order chi connectivity index (χ1) is 8.29. The summed E-state index contributed by atoms with van der Waals surface area (Å²) in [6.07, 6.45) is 0. The Bertz CT molecular complexity index is 523. The fourth-order valence-corrected chi connectivity index (χ4v) is 2.25. The van der Waals surface area contributed by atoms with Crippen LogP contribution in [0, 0.1) is 0 Å². The van der Waals surface area contributed by atoms with Crippen LogP contribution in [0.3, 0.4) is 0 Å². The summed E-state index contributed by atoms with van der Waals surface area (Å²) >= 11 is 0. The fourth-order valence-electron chi connectivity index (χ4n) is 1.42. The van der Waals surface area contributed by atoms with Gasteiger partial charge in [0.15, 0.2) is 0 Å². The minimum atomic E-state index is -3.25. The van der Waals surface area contributed by atoms with Gasteiger partial charge in [-0.05, 0) is 31.2 Å². The van der Waals surface area contributed by atoms with Crippen molar-refractivity contribution < 1.29 is 13.2 Å². The first-order valence-electron chi connectivity index (χ1n) is 5.60. The molecule has 0 bridgehead atoms. The van der Waals surface area contributed by atoms with Crippen LogP contribution < -0.4 is 9.21 Å². The lowest BCUT2D eigenvalue weighted by molar-refractivity contribution is -0.116. The van der Waals surface area contributed by atoms with Crippen LogP contribution in [0.25, 0.3) is 0 Å². The van der Waals surface area contributed by atoms with Gasteiger partial charge >= 0.3 is 0 Å². The number of benzene rings is 1. The molecule has 0 aliphatic carbocycles. The van der Waals surface area contributed by atoms with Crippen LogP contribution in [0.2, 0.25) is 0 Å². The predicted molar refractivity (Wildman–Crippen MR) is 73.4 cm³/mol. The standard InChI is InChI=1S/C12H18N2O3S/c1-5-18(16,17)14(4)12-8-6-11(7-9-12)13(3)10(2)15/h6-9H,5H2,1-4H3. The molecule has 0 aliphatic heterocycles. The van der Waals surface area contributed by atoms with Crippen molar-refractivity contribution in [1.29, 1.82) is 0 Å². The third-order valence-electron chi connectivity index (χ3n) is 2.86. The Morgan fingerprint density at radius 2 is 1.56 bits per heavy atom. The summed E-state index contributed by atoms with van der Waals surface area (Å²) in [6.45, 7) is 3.07. The Hall–Kier alpha value is -1.56. The molecule has 0 saturated carbocycles. The summed E-state index contributed by atoms with van der Waals surface area (Å²) in [7, 11) is -0.0610. The van der Waals surface area contributed by atoms with Crippen molar-refractivity contribution in [1.82, 2.24) is 0 Å². The third-order valence-corrected chi connectivity index (χ3v) is 4.63. The summed E-state index contributed by atoms with van der Waals surface area (Å²) in [5, 5.41) is 0. The van der Waals surface area contributed by atoms with Crippen LogP contribution >= 0.6 is 0 Å². The second-order valence-corrected chi connectivity index (χ2v) is 6.25. The number of anilines is 2. The highest BCUT2D eigenvalue weighted by molar-refractivity contribution is 7.92. The number of rotatable bonds is 4. The second kappa shape index (κ2) is 5.39. The zero-order valence-corrected chi connectivity index (χ0v) is 11.9. The van der Waals surface area contributed by atoms with Gasteiger partial charge in [0, 0.05) is 26.7 Å². The molecule has 1 aromatic carbocycles. The zero-order valence-electron chi connectivity index (χ0n) is 11.0. The van der Waals surface area contributed by atoms with Gasteiger partial charge in [0.2, 0.25) is 15.9 Å². The molecule has 1 aromatic rings. The van der Waals surface area contributed by atoms with Gasteiger partial charge in [-0.1, -0.05) is 0 Å². The Morgan fingerprint density at radius 3 is 1.94 bits per heavy atom. The molecule has 0 aromatic heterocycles. The molecule has 0 N–H and O–H groups in total. The van der Waals surface area contributed by atoms with Crippen LogP contribution in [0.15, 0.2) is 24.3 Å². The lowest BCUT2D eigenvalue weighted by Crippen LogP contribution is -2.28. The topological polar surface area (TPSA) is 57.7 Å². The molecule has 100 valence electrons.